The molecule has 1 spiro atoms. The van der Waals surface area contributed by atoms with Gasteiger partial charge in [0.25, 0.3) is 11.8 Å². The molecule has 8 heteroatoms. The molecule has 1 fully saturated rings. The number of benzene rings is 1. The maximum atomic E-state index is 12.7. The largest absolute Gasteiger partial charge is 0.492 e. The molecule has 2 N–H and O–H groups in total. The van der Waals surface area contributed by atoms with Gasteiger partial charge in [-0.2, -0.15) is 5.10 Å². The third-order valence-electron chi connectivity index (χ3n) is 6.29. The van der Waals surface area contributed by atoms with Crippen LogP contribution in [0.3, 0.4) is 0 Å². The van der Waals surface area contributed by atoms with E-state index in [0.717, 1.165) is 32.1 Å². The summed E-state index contributed by atoms with van der Waals surface area (Å²) in [7, 11) is 0. The van der Waals surface area contributed by atoms with Crippen LogP contribution in [-0.2, 0) is 4.74 Å². The summed E-state index contributed by atoms with van der Waals surface area (Å²) in [5, 5.41) is 9.54. The number of fused-ring (bicyclic) bond motifs is 1. The van der Waals surface area contributed by atoms with Crippen molar-refractivity contribution in [3.63, 3.8) is 0 Å². The van der Waals surface area contributed by atoms with E-state index in [1.54, 1.807) is 18.3 Å². The summed E-state index contributed by atoms with van der Waals surface area (Å²) in [6, 6.07) is 9.07. The Balaban J connectivity index is 1.47. The molecule has 1 saturated heterocycles. The maximum Gasteiger partial charge on any atom is 0.271 e. The molecule has 0 atom stereocenters. The van der Waals surface area contributed by atoms with Crippen LogP contribution in [-0.4, -0.2) is 66.4 Å². The molecule has 2 aliphatic heterocycles. The molecule has 2 aliphatic rings. The second-order valence-corrected chi connectivity index (χ2v) is 8.37. The van der Waals surface area contributed by atoms with E-state index in [9.17, 15) is 9.59 Å². The second kappa shape index (κ2) is 9.96. The van der Waals surface area contributed by atoms with Crippen LogP contribution < -0.4 is 10.1 Å². The topological polar surface area (TPSA) is 96.5 Å². The summed E-state index contributed by atoms with van der Waals surface area (Å²) in [6.07, 6.45) is 6.36. The second-order valence-electron chi connectivity index (χ2n) is 8.37. The molecule has 1 aromatic heterocycles. The molecule has 4 rings (SSSR count). The molecule has 1 aromatic carbocycles. The highest BCUT2D eigenvalue weighted by Gasteiger charge is 2.37. The first-order chi connectivity index (χ1) is 15.2. The van der Waals surface area contributed by atoms with Crippen molar-refractivity contribution in [2.45, 2.75) is 32.1 Å². The molecule has 2 aromatic rings. The summed E-state index contributed by atoms with van der Waals surface area (Å²) in [5.74, 6) is 0.447. The summed E-state index contributed by atoms with van der Waals surface area (Å²) in [4.78, 5) is 27.1. The Morgan fingerprint density at radius 1 is 1.06 bits per heavy atom. The number of amides is 2. The molecular weight excluding hydrogens is 396 g/mol. The fraction of sp³-hybridized carbons (Fsp3) is 0.522. The summed E-state index contributed by atoms with van der Waals surface area (Å²) in [6.45, 7) is 3.57. The van der Waals surface area contributed by atoms with E-state index < -0.39 is 0 Å². The quantitative estimate of drug-likeness (QED) is 0.731. The van der Waals surface area contributed by atoms with Gasteiger partial charge in [-0.25, -0.2) is 0 Å². The zero-order valence-corrected chi connectivity index (χ0v) is 17.8. The molecule has 0 saturated carbocycles. The smallest absolute Gasteiger partial charge is 0.271 e. The number of aromatic nitrogens is 2. The monoisotopic (exact) mass is 426 g/mol. The van der Waals surface area contributed by atoms with Gasteiger partial charge in [-0.05, 0) is 43.9 Å². The van der Waals surface area contributed by atoms with Gasteiger partial charge < -0.3 is 19.7 Å². The first kappa shape index (κ1) is 21.4. The SMILES string of the molecule is O=C1NCCOCCCCC2(CCN(C(=O)c3ccn[nH]3)CC2)COc2ccccc21. The van der Waals surface area contributed by atoms with Crippen molar-refractivity contribution >= 4 is 11.8 Å². The molecular formula is C23H30N4O4. The number of carbonyl (C=O) groups excluding carboxylic acids is 2. The number of nitrogens with one attached hydrogen (secondary N) is 2. The summed E-state index contributed by atoms with van der Waals surface area (Å²) in [5.41, 5.74) is 1.04. The predicted octanol–water partition coefficient (Wildman–Crippen LogP) is 2.64. The minimum atomic E-state index is -0.148. The number of rotatable bonds is 1. The number of ether oxygens (including phenoxy) is 2. The van der Waals surface area contributed by atoms with E-state index in [4.69, 9.17) is 9.47 Å². The fourth-order valence-electron chi connectivity index (χ4n) is 4.35. The van der Waals surface area contributed by atoms with E-state index >= 15 is 0 Å². The Labute approximate surface area is 182 Å². The van der Waals surface area contributed by atoms with Crippen LogP contribution in [0.15, 0.2) is 36.5 Å². The molecule has 0 aliphatic carbocycles. The normalized spacial score (nSPS) is 20.3. The summed E-state index contributed by atoms with van der Waals surface area (Å²) < 4.78 is 11.9. The van der Waals surface area contributed by atoms with Crippen LogP contribution in [0.4, 0.5) is 0 Å². The van der Waals surface area contributed by atoms with Crippen molar-refractivity contribution in [1.82, 2.24) is 20.4 Å². The highest BCUT2D eigenvalue weighted by atomic mass is 16.5. The van der Waals surface area contributed by atoms with Crippen LogP contribution in [0.5, 0.6) is 5.75 Å². The van der Waals surface area contributed by atoms with Crippen LogP contribution in [0.25, 0.3) is 0 Å². The maximum absolute atomic E-state index is 12.7. The van der Waals surface area contributed by atoms with Crippen molar-refractivity contribution in [2.24, 2.45) is 5.41 Å². The number of likely N-dealkylation sites (tertiary alicyclic amines) is 1. The number of hydrogen-bond donors (Lipinski definition) is 2. The van der Waals surface area contributed by atoms with E-state index in [0.29, 0.717) is 56.5 Å². The molecule has 0 bridgehead atoms. The Morgan fingerprint density at radius 2 is 1.90 bits per heavy atom. The summed E-state index contributed by atoms with van der Waals surface area (Å²) >= 11 is 0. The van der Waals surface area contributed by atoms with Gasteiger partial charge in [0.1, 0.15) is 11.4 Å². The lowest BCUT2D eigenvalue weighted by atomic mass is 9.75. The van der Waals surface area contributed by atoms with E-state index in [1.165, 1.54) is 0 Å². The molecule has 0 unspecified atom stereocenters. The molecule has 166 valence electrons. The third kappa shape index (κ3) is 5.25. The Morgan fingerprint density at radius 3 is 2.71 bits per heavy atom. The van der Waals surface area contributed by atoms with Gasteiger partial charge in [-0.1, -0.05) is 18.6 Å². The first-order valence-corrected chi connectivity index (χ1v) is 11.0. The lowest BCUT2D eigenvalue weighted by Gasteiger charge is -2.41. The van der Waals surface area contributed by atoms with E-state index in [1.807, 2.05) is 23.1 Å². The minimum Gasteiger partial charge on any atom is -0.492 e. The molecule has 3 heterocycles. The first-order valence-electron chi connectivity index (χ1n) is 11.0. The van der Waals surface area contributed by atoms with Gasteiger partial charge in [-0.3, -0.25) is 14.7 Å². The number of nitrogens with zero attached hydrogens (tertiary/aromatic N) is 2. The van der Waals surface area contributed by atoms with Crippen LogP contribution >= 0.6 is 0 Å². The fourth-order valence-corrected chi connectivity index (χ4v) is 4.35. The number of H-pyrrole nitrogens is 1. The molecule has 31 heavy (non-hydrogen) atoms. The van der Waals surface area contributed by atoms with Gasteiger partial charge in [-0.15, -0.1) is 0 Å². The number of piperidine rings is 1. The van der Waals surface area contributed by atoms with Gasteiger partial charge in [0.15, 0.2) is 0 Å². The van der Waals surface area contributed by atoms with E-state index in [-0.39, 0.29) is 17.2 Å². The minimum absolute atomic E-state index is 0.00965. The zero-order valence-electron chi connectivity index (χ0n) is 17.8. The molecule has 0 radical (unpaired) electrons. The molecule has 8 nitrogen and oxygen atoms in total. The Hall–Kier alpha value is -2.87. The van der Waals surface area contributed by atoms with Crippen molar-refractivity contribution in [2.75, 3.05) is 39.5 Å². The highest BCUT2D eigenvalue weighted by molar-refractivity contribution is 5.96. The number of carbonyl (C=O) groups is 2. The Kier molecular flexibility index (Phi) is 6.86. The average Bonchev–Trinajstić information content (AvgIpc) is 3.34. The average molecular weight is 427 g/mol. The van der Waals surface area contributed by atoms with Gasteiger partial charge in [0.05, 0.1) is 18.8 Å². The van der Waals surface area contributed by atoms with Gasteiger partial charge in [0, 0.05) is 37.9 Å². The van der Waals surface area contributed by atoms with Crippen LogP contribution in [0.1, 0.15) is 53.0 Å². The Bertz CT molecular complexity index is 875. The predicted molar refractivity (Wildman–Crippen MR) is 115 cm³/mol. The number of para-hydroxylation sites is 1. The van der Waals surface area contributed by atoms with Crippen molar-refractivity contribution in [3.05, 3.63) is 47.8 Å². The lowest BCUT2D eigenvalue weighted by molar-refractivity contribution is 0.0337. The van der Waals surface area contributed by atoms with Crippen LogP contribution in [0, 0.1) is 5.41 Å². The standard InChI is InChI=1S/C23H30N4O4/c28-21-18-5-1-2-6-20(18)31-17-23(8-3-4-15-30-16-12-24-21)9-13-27(14-10-23)22(29)19-7-11-25-26-19/h1-2,5-7,11H,3-4,8-10,12-17H2,(H,24,28)(H,25,26). The molecule has 2 amide bonds. The van der Waals surface area contributed by atoms with Crippen molar-refractivity contribution < 1.29 is 19.1 Å². The number of aromatic amines is 1. The number of hydrogen-bond acceptors (Lipinski definition) is 5. The van der Waals surface area contributed by atoms with E-state index in [2.05, 4.69) is 15.5 Å². The van der Waals surface area contributed by atoms with Gasteiger partial charge in [0.2, 0.25) is 0 Å². The third-order valence-corrected chi connectivity index (χ3v) is 6.29. The van der Waals surface area contributed by atoms with Crippen LogP contribution in [0.2, 0.25) is 0 Å². The highest BCUT2D eigenvalue weighted by Crippen LogP contribution is 2.38. The lowest BCUT2D eigenvalue weighted by Crippen LogP contribution is -2.45. The zero-order chi connectivity index (χ0) is 21.5. The van der Waals surface area contributed by atoms with Gasteiger partial charge >= 0.3 is 0 Å². The van der Waals surface area contributed by atoms with Crippen molar-refractivity contribution in [1.29, 1.82) is 0 Å². The van der Waals surface area contributed by atoms with Crippen molar-refractivity contribution in [3.8, 4) is 5.75 Å².